The van der Waals surface area contributed by atoms with E-state index in [-0.39, 0.29) is 12.4 Å². The number of aromatic amines is 1. The Bertz CT molecular complexity index is 452. The average molecular weight is 194 g/mol. The van der Waals surface area contributed by atoms with Crippen LogP contribution in [0.3, 0.4) is 0 Å². The number of halogens is 1. The number of H-pyrrole nitrogens is 1. The topological polar surface area (TPSA) is 62.0 Å². The Morgan fingerprint density at radius 2 is 2.29 bits per heavy atom. The molecule has 0 unspecified atom stereocenters. The number of fused-ring (bicyclic) bond motifs is 1. The monoisotopic (exact) mass is 194 g/mol. The molecule has 0 fully saturated rings. The number of aliphatic hydroxyl groups is 1. The molecule has 1 aromatic carbocycles. The molecule has 3 nitrogen and oxygen atoms in total. The van der Waals surface area contributed by atoms with E-state index in [1.54, 1.807) is 18.3 Å². The summed E-state index contributed by atoms with van der Waals surface area (Å²) in [5.41, 5.74) is 6.51. The van der Waals surface area contributed by atoms with Crippen molar-refractivity contribution in [3.8, 4) is 0 Å². The summed E-state index contributed by atoms with van der Waals surface area (Å²) in [5, 5.41) is 9.95. The zero-order chi connectivity index (χ0) is 10.1. The van der Waals surface area contributed by atoms with Gasteiger partial charge in [0.05, 0.1) is 6.10 Å². The summed E-state index contributed by atoms with van der Waals surface area (Å²) in [7, 11) is 0. The van der Waals surface area contributed by atoms with Crippen molar-refractivity contribution in [2.45, 2.75) is 6.10 Å². The van der Waals surface area contributed by atoms with E-state index >= 15 is 0 Å². The maximum atomic E-state index is 13.4. The van der Waals surface area contributed by atoms with Crippen molar-refractivity contribution in [2.24, 2.45) is 5.73 Å². The van der Waals surface area contributed by atoms with Gasteiger partial charge in [-0.25, -0.2) is 4.39 Å². The van der Waals surface area contributed by atoms with Gasteiger partial charge in [0.2, 0.25) is 0 Å². The molecule has 2 aromatic rings. The van der Waals surface area contributed by atoms with E-state index in [0.717, 1.165) is 0 Å². The predicted molar refractivity (Wildman–Crippen MR) is 52.3 cm³/mol. The highest BCUT2D eigenvalue weighted by Crippen LogP contribution is 2.25. The molecule has 4 N–H and O–H groups in total. The highest BCUT2D eigenvalue weighted by atomic mass is 19.1. The van der Waals surface area contributed by atoms with Crippen molar-refractivity contribution >= 4 is 10.9 Å². The number of benzene rings is 1. The van der Waals surface area contributed by atoms with Crippen molar-refractivity contribution < 1.29 is 9.50 Å². The zero-order valence-electron chi connectivity index (χ0n) is 7.50. The first kappa shape index (κ1) is 9.18. The third-order valence-electron chi connectivity index (χ3n) is 2.27. The van der Waals surface area contributed by atoms with Crippen LogP contribution < -0.4 is 5.73 Å². The van der Waals surface area contributed by atoms with Gasteiger partial charge in [0.25, 0.3) is 0 Å². The summed E-state index contributed by atoms with van der Waals surface area (Å²) in [4.78, 5) is 2.89. The molecule has 0 aliphatic carbocycles. The molecule has 14 heavy (non-hydrogen) atoms. The molecule has 1 aromatic heterocycles. The van der Waals surface area contributed by atoms with Crippen molar-refractivity contribution in [3.63, 3.8) is 0 Å². The Labute approximate surface area is 80.4 Å². The Morgan fingerprint density at radius 3 is 3.00 bits per heavy atom. The second-order valence-electron chi connectivity index (χ2n) is 3.16. The van der Waals surface area contributed by atoms with Crippen molar-refractivity contribution in [2.75, 3.05) is 6.54 Å². The first-order valence-corrected chi connectivity index (χ1v) is 4.37. The lowest BCUT2D eigenvalue weighted by atomic mass is 10.1. The molecule has 4 heteroatoms. The number of hydrogen-bond acceptors (Lipinski definition) is 2. The average Bonchev–Trinajstić information content (AvgIpc) is 2.62. The molecule has 0 aliphatic rings. The highest BCUT2D eigenvalue weighted by Gasteiger charge is 2.13. The molecule has 0 bridgehead atoms. The van der Waals surface area contributed by atoms with E-state index in [1.807, 2.05) is 0 Å². The van der Waals surface area contributed by atoms with Crippen molar-refractivity contribution in [1.29, 1.82) is 0 Å². The van der Waals surface area contributed by atoms with Gasteiger partial charge in [-0.2, -0.15) is 0 Å². The van der Waals surface area contributed by atoms with Crippen LogP contribution in [0.4, 0.5) is 4.39 Å². The SMILES string of the molecule is NC[C@@H](O)c1c[nH]c2cccc(F)c12. The molecule has 0 spiro atoms. The summed E-state index contributed by atoms with van der Waals surface area (Å²) in [6.07, 6.45) is 0.770. The van der Waals surface area contributed by atoms with Gasteiger partial charge in [0, 0.05) is 29.2 Å². The van der Waals surface area contributed by atoms with Gasteiger partial charge >= 0.3 is 0 Å². The minimum Gasteiger partial charge on any atom is -0.387 e. The lowest BCUT2D eigenvalue weighted by Gasteiger charge is -2.05. The van der Waals surface area contributed by atoms with Crippen LogP contribution in [0.15, 0.2) is 24.4 Å². The van der Waals surface area contributed by atoms with E-state index in [1.165, 1.54) is 6.07 Å². The van der Waals surface area contributed by atoms with Gasteiger partial charge in [-0.05, 0) is 12.1 Å². The minimum absolute atomic E-state index is 0.0846. The third-order valence-corrected chi connectivity index (χ3v) is 2.27. The quantitative estimate of drug-likeness (QED) is 0.674. The number of nitrogens with two attached hydrogens (primary N) is 1. The maximum absolute atomic E-state index is 13.4. The van der Waals surface area contributed by atoms with Crippen LogP contribution >= 0.6 is 0 Å². The summed E-state index contributed by atoms with van der Waals surface area (Å²) < 4.78 is 13.4. The van der Waals surface area contributed by atoms with Crippen LogP contribution in [0.25, 0.3) is 10.9 Å². The Morgan fingerprint density at radius 1 is 1.50 bits per heavy atom. The second kappa shape index (κ2) is 3.40. The standard InChI is InChI=1S/C10H11FN2O/c11-7-2-1-3-8-10(7)6(5-13-8)9(14)4-12/h1-3,5,9,13-14H,4,12H2/t9-/m1/s1. The third kappa shape index (κ3) is 1.29. The predicted octanol–water partition coefficient (Wildman–Crippen LogP) is 1.30. The lowest BCUT2D eigenvalue weighted by molar-refractivity contribution is 0.188. The molecule has 2 rings (SSSR count). The van der Waals surface area contributed by atoms with Gasteiger partial charge in [-0.1, -0.05) is 6.07 Å². The maximum Gasteiger partial charge on any atom is 0.132 e. The van der Waals surface area contributed by atoms with E-state index in [9.17, 15) is 9.50 Å². The molecule has 0 aliphatic heterocycles. The van der Waals surface area contributed by atoms with Crippen LogP contribution in [0.5, 0.6) is 0 Å². The van der Waals surface area contributed by atoms with Crippen LogP contribution in [0.2, 0.25) is 0 Å². The van der Waals surface area contributed by atoms with Crippen molar-refractivity contribution in [1.82, 2.24) is 4.98 Å². The molecule has 0 amide bonds. The molecular weight excluding hydrogens is 183 g/mol. The van der Waals surface area contributed by atoms with Crippen LogP contribution in [-0.2, 0) is 0 Å². The smallest absolute Gasteiger partial charge is 0.132 e. The number of aliphatic hydroxyl groups excluding tert-OH is 1. The van der Waals surface area contributed by atoms with Gasteiger partial charge in [0.15, 0.2) is 0 Å². The molecule has 0 saturated heterocycles. The Kier molecular flexibility index (Phi) is 2.23. The second-order valence-corrected chi connectivity index (χ2v) is 3.16. The fraction of sp³-hybridized carbons (Fsp3) is 0.200. The van der Waals surface area contributed by atoms with E-state index in [2.05, 4.69) is 4.98 Å². The van der Waals surface area contributed by atoms with Gasteiger partial charge in [-0.3, -0.25) is 0 Å². The normalized spacial score (nSPS) is 13.4. The molecule has 0 saturated carbocycles. The zero-order valence-corrected chi connectivity index (χ0v) is 7.50. The largest absolute Gasteiger partial charge is 0.387 e. The van der Waals surface area contributed by atoms with Crippen LogP contribution in [-0.4, -0.2) is 16.6 Å². The number of aromatic nitrogens is 1. The van der Waals surface area contributed by atoms with E-state index in [0.29, 0.717) is 16.5 Å². The van der Waals surface area contributed by atoms with Crippen molar-refractivity contribution in [3.05, 3.63) is 35.8 Å². The molecule has 1 heterocycles. The number of rotatable bonds is 2. The van der Waals surface area contributed by atoms with Gasteiger partial charge in [-0.15, -0.1) is 0 Å². The minimum atomic E-state index is -0.819. The number of nitrogens with one attached hydrogen (secondary N) is 1. The first-order chi connectivity index (χ1) is 6.74. The Hall–Kier alpha value is -1.39. The molecule has 0 radical (unpaired) electrons. The summed E-state index contributed by atoms with van der Waals surface area (Å²) in [5.74, 6) is -0.341. The Balaban J connectivity index is 2.67. The van der Waals surface area contributed by atoms with Gasteiger partial charge < -0.3 is 15.8 Å². The highest BCUT2D eigenvalue weighted by molar-refractivity contribution is 5.84. The molecule has 1 atom stereocenters. The van der Waals surface area contributed by atoms with Gasteiger partial charge in [0.1, 0.15) is 5.82 Å². The van der Waals surface area contributed by atoms with Crippen LogP contribution in [0, 0.1) is 5.82 Å². The molecule has 74 valence electrons. The first-order valence-electron chi connectivity index (χ1n) is 4.37. The summed E-state index contributed by atoms with van der Waals surface area (Å²) in [6, 6.07) is 4.74. The van der Waals surface area contributed by atoms with Crippen LogP contribution in [0.1, 0.15) is 11.7 Å². The van der Waals surface area contributed by atoms with E-state index < -0.39 is 6.10 Å². The van der Waals surface area contributed by atoms with E-state index in [4.69, 9.17) is 5.73 Å². The summed E-state index contributed by atoms with van der Waals surface area (Å²) in [6.45, 7) is 0.0846. The lowest BCUT2D eigenvalue weighted by Crippen LogP contribution is -2.11. The fourth-order valence-electron chi connectivity index (χ4n) is 1.56. The number of hydrogen-bond donors (Lipinski definition) is 3. The fourth-order valence-corrected chi connectivity index (χ4v) is 1.56. The molecular formula is C10H11FN2O. The summed E-state index contributed by atoms with van der Waals surface area (Å²) >= 11 is 0.